The number of pyridine rings is 1. The third kappa shape index (κ3) is 3.98. The molecule has 7 heteroatoms. The summed E-state index contributed by atoms with van der Waals surface area (Å²) in [7, 11) is 0. The fourth-order valence-electron chi connectivity index (χ4n) is 3.19. The smallest absolute Gasteiger partial charge is 0.356 e. The molecule has 3 rings (SSSR count). The average Bonchev–Trinajstić information content (AvgIpc) is 2.58. The van der Waals surface area contributed by atoms with E-state index in [-0.39, 0.29) is 11.8 Å². The molecular formula is C19H20F3N3O. The number of nitrogens with zero attached hydrogens (tertiary/aromatic N) is 2. The van der Waals surface area contributed by atoms with Crippen LogP contribution in [0.5, 0.6) is 0 Å². The van der Waals surface area contributed by atoms with E-state index in [9.17, 15) is 18.0 Å². The maximum atomic E-state index is 12.8. The lowest BCUT2D eigenvalue weighted by Gasteiger charge is -2.36. The van der Waals surface area contributed by atoms with E-state index < -0.39 is 11.7 Å². The number of carbonyl (C=O) groups is 1. The van der Waals surface area contributed by atoms with Crippen molar-refractivity contribution in [3.63, 3.8) is 0 Å². The van der Waals surface area contributed by atoms with Gasteiger partial charge in [0, 0.05) is 31.4 Å². The molecule has 0 fully saturated rings. The molecule has 1 aliphatic rings. The molecule has 1 aromatic heterocycles. The molecule has 0 spiro atoms. The highest BCUT2D eigenvalue weighted by Gasteiger charge is 2.31. The lowest BCUT2D eigenvalue weighted by molar-refractivity contribution is -0.137. The number of rotatable bonds is 3. The number of benzene rings is 1. The maximum Gasteiger partial charge on any atom is 0.416 e. The summed E-state index contributed by atoms with van der Waals surface area (Å²) in [6, 6.07) is 8.98. The van der Waals surface area contributed by atoms with Gasteiger partial charge in [-0.3, -0.25) is 9.78 Å². The van der Waals surface area contributed by atoms with Crippen molar-refractivity contribution in [1.29, 1.82) is 0 Å². The fraction of sp³-hybridized carbons (Fsp3) is 0.368. The molecular weight excluding hydrogens is 343 g/mol. The van der Waals surface area contributed by atoms with E-state index in [0.717, 1.165) is 29.2 Å². The van der Waals surface area contributed by atoms with Crippen molar-refractivity contribution in [2.45, 2.75) is 26.4 Å². The van der Waals surface area contributed by atoms with Crippen LogP contribution in [0.3, 0.4) is 0 Å². The highest BCUT2D eigenvalue weighted by Crippen LogP contribution is 2.36. The molecule has 0 bridgehead atoms. The van der Waals surface area contributed by atoms with E-state index in [1.54, 1.807) is 0 Å². The normalized spacial score (nSPS) is 17.0. The van der Waals surface area contributed by atoms with Gasteiger partial charge in [-0.05, 0) is 55.7 Å². The minimum absolute atomic E-state index is 0.103. The third-order valence-corrected chi connectivity index (χ3v) is 4.45. The number of carbonyl (C=O) groups excluding carboxylic acids is 1. The molecule has 26 heavy (non-hydrogen) atoms. The number of fused-ring (bicyclic) bond motifs is 1. The van der Waals surface area contributed by atoms with Crippen LogP contribution in [0.25, 0.3) is 0 Å². The van der Waals surface area contributed by atoms with Gasteiger partial charge in [-0.1, -0.05) is 0 Å². The van der Waals surface area contributed by atoms with Crippen LogP contribution in [-0.2, 0) is 17.4 Å². The summed E-state index contributed by atoms with van der Waals surface area (Å²) in [5.41, 5.74) is 2.69. The van der Waals surface area contributed by atoms with Gasteiger partial charge in [0.15, 0.2) is 0 Å². The minimum Gasteiger partial charge on any atom is -0.356 e. The van der Waals surface area contributed by atoms with Crippen molar-refractivity contribution in [3.8, 4) is 0 Å². The molecule has 4 nitrogen and oxygen atoms in total. The van der Waals surface area contributed by atoms with E-state index >= 15 is 0 Å². The molecule has 1 N–H and O–H groups in total. The van der Waals surface area contributed by atoms with Crippen molar-refractivity contribution in [2.75, 3.05) is 18.0 Å². The molecule has 0 saturated heterocycles. The Morgan fingerprint density at radius 1 is 1.23 bits per heavy atom. The molecule has 1 aromatic carbocycles. The second-order valence-electron chi connectivity index (χ2n) is 6.58. The van der Waals surface area contributed by atoms with Crippen LogP contribution >= 0.6 is 0 Å². The number of alkyl halides is 3. The van der Waals surface area contributed by atoms with Gasteiger partial charge in [0.1, 0.15) is 0 Å². The van der Waals surface area contributed by atoms with Gasteiger partial charge in [0.25, 0.3) is 0 Å². The Morgan fingerprint density at radius 3 is 2.54 bits per heavy atom. The van der Waals surface area contributed by atoms with E-state index in [4.69, 9.17) is 0 Å². The van der Waals surface area contributed by atoms with Crippen molar-refractivity contribution in [3.05, 3.63) is 53.3 Å². The van der Waals surface area contributed by atoms with E-state index in [0.29, 0.717) is 25.2 Å². The van der Waals surface area contributed by atoms with Crippen LogP contribution in [0.1, 0.15) is 23.9 Å². The van der Waals surface area contributed by atoms with Crippen molar-refractivity contribution in [2.24, 2.45) is 5.92 Å². The highest BCUT2D eigenvalue weighted by atomic mass is 19.4. The van der Waals surface area contributed by atoms with Crippen molar-refractivity contribution in [1.82, 2.24) is 10.3 Å². The molecule has 2 aromatic rings. The second kappa shape index (κ2) is 6.97. The van der Waals surface area contributed by atoms with E-state index in [1.165, 1.54) is 19.1 Å². The summed E-state index contributed by atoms with van der Waals surface area (Å²) in [6.07, 6.45) is -3.64. The van der Waals surface area contributed by atoms with Gasteiger partial charge in [-0.15, -0.1) is 0 Å². The molecule has 1 atom stereocenters. The predicted octanol–water partition coefficient (Wildman–Crippen LogP) is 3.86. The third-order valence-electron chi connectivity index (χ3n) is 4.45. The molecule has 0 aliphatic carbocycles. The average molecular weight is 363 g/mol. The van der Waals surface area contributed by atoms with Gasteiger partial charge < -0.3 is 10.2 Å². The van der Waals surface area contributed by atoms with E-state index in [2.05, 4.69) is 10.3 Å². The predicted molar refractivity (Wildman–Crippen MR) is 93.3 cm³/mol. The zero-order valence-corrected chi connectivity index (χ0v) is 14.6. The maximum absolute atomic E-state index is 12.8. The standard InChI is InChI=1S/C19H20F3N3O/c1-12-3-8-18-17(24-12)9-14(10-23-13(2)26)11-25(18)16-6-4-15(5-7-16)19(20,21)22/h3-8,14H,9-11H2,1-2H3,(H,23,26)/t14-/m1/s1. The van der Waals surface area contributed by atoms with Gasteiger partial charge >= 0.3 is 6.18 Å². The van der Waals surface area contributed by atoms with Gasteiger partial charge in [-0.2, -0.15) is 13.2 Å². The van der Waals surface area contributed by atoms with Crippen LogP contribution in [-0.4, -0.2) is 24.0 Å². The van der Waals surface area contributed by atoms with Crippen molar-refractivity contribution >= 4 is 17.3 Å². The van der Waals surface area contributed by atoms with Crippen LogP contribution < -0.4 is 10.2 Å². The first-order valence-corrected chi connectivity index (χ1v) is 8.40. The Bertz CT molecular complexity index is 803. The topological polar surface area (TPSA) is 45.2 Å². The summed E-state index contributed by atoms with van der Waals surface area (Å²) in [5, 5.41) is 2.82. The number of hydrogen-bond acceptors (Lipinski definition) is 3. The van der Waals surface area contributed by atoms with E-state index in [1.807, 2.05) is 24.0 Å². The van der Waals surface area contributed by atoms with Crippen LogP contribution in [0.15, 0.2) is 36.4 Å². The Labute approximate surface area is 150 Å². The van der Waals surface area contributed by atoms with Crippen LogP contribution in [0.4, 0.5) is 24.5 Å². The highest BCUT2D eigenvalue weighted by molar-refractivity contribution is 5.73. The molecule has 0 unspecified atom stereocenters. The SMILES string of the molecule is CC(=O)NC[C@H]1Cc2nc(C)ccc2N(c2ccc(C(F)(F)F)cc2)C1. The minimum atomic E-state index is -4.36. The number of anilines is 2. The van der Waals surface area contributed by atoms with Crippen LogP contribution in [0, 0.1) is 12.8 Å². The first kappa shape index (κ1) is 18.2. The second-order valence-corrected chi connectivity index (χ2v) is 6.58. The first-order valence-electron chi connectivity index (χ1n) is 8.40. The summed E-state index contributed by atoms with van der Waals surface area (Å²) < 4.78 is 38.5. The number of halogens is 3. The van der Waals surface area contributed by atoms with Crippen LogP contribution in [0.2, 0.25) is 0 Å². The molecule has 2 heterocycles. The lowest BCUT2D eigenvalue weighted by Crippen LogP contribution is -2.39. The Morgan fingerprint density at radius 2 is 1.92 bits per heavy atom. The summed E-state index contributed by atoms with van der Waals surface area (Å²) >= 11 is 0. The molecule has 1 aliphatic heterocycles. The molecule has 0 saturated carbocycles. The molecule has 138 valence electrons. The fourth-order valence-corrected chi connectivity index (χ4v) is 3.19. The zero-order valence-electron chi connectivity index (χ0n) is 14.6. The van der Waals surface area contributed by atoms with Crippen molar-refractivity contribution < 1.29 is 18.0 Å². The number of amides is 1. The Hall–Kier alpha value is -2.57. The van der Waals surface area contributed by atoms with Gasteiger partial charge in [-0.25, -0.2) is 0 Å². The number of hydrogen-bond donors (Lipinski definition) is 1. The number of aryl methyl sites for hydroxylation is 1. The lowest BCUT2D eigenvalue weighted by atomic mass is 9.95. The summed E-state index contributed by atoms with van der Waals surface area (Å²) in [6.45, 7) is 4.47. The Balaban J connectivity index is 1.92. The molecule has 0 radical (unpaired) electrons. The monoisotopic (exact) mass is 363 g/mol. The zero-order chi connectivity index (χ0) is 18.9. The van der Waals surface area contributed by atoms with Gasteiger partial charge in [0.2, 0.25) is 5.91 Å². The quantitative estimate of drug-likeness (QED) is 0.901. The summed E-state index contributed by atoms with van der Waals surface area (Å²) in [4.78, 5) is 17.8. The number of nitrogens with one attached hydrogen (secondary N) is 1. The van der Waals surface area contributed by atoms with Gasteiger partial charge in [0.05, 0.1) is 16.9 Å². The Kier molecular flexibility index (Phi) is 4.89. The summed E-state index contributed by atoms with van der Waals surface area (Å²) in [5.74, 6) is 0.0251. The number of aromatic nitrogens is 1. The largest absolute Gasteiger partial charge is 0.416 e. The first-order chi connectivity index (χ1) is 12.2. The molecule has 1 amide bonds.